The zero-order chi connectivity index (χ0) is 14.1. The molecule has 2 unspecified atom stereocenters. The first-order valence-corrected chi connectivity index (χ1v) is 8.33. The van der Waals surface area contributed by atoms with E-state index in [9.17, 15) is 0 Å². The predicted molar refractivity (Wildman–Crippen MR) is 85.5 cm³/mol. The average Bonchev–Trinajstić information content (AvgIpc) is 3.05. The summed E-state index contributed by atoms with van der Waals surface area (Å²) in [6.07, 6.45) is 1.92. The van der Waals surface area contributed by atoms with Crippen molar-refractivity contribution >= 4 is 38.6 Å². The number of rotatable bonds is 4. The fraction of sp³-hybridized carbons (Fsp3) is 0.533. The number of nitrogens with zero attached hydrogens (tertiary/aromatic N) is 2. The Morgan fingerprint density at radius 2 is 2.40 bits per heavy atom. The predicted octanol–water partition coefficient (Wildman–Crippen LogP) is 4.18. The second-order valence-corrected chi connectivity index (χ2v) is 6.63. The van der Waals surface area contributed by atoms with Gasteiger partial charge in [0.2, 0.25) is 0 Å². The van der Waals surface area contributed by atoms with Gasteiger partial charge in [0, 0.05) is 35.3 Å². The number of aromatic nitrogens is 2. The minimum Gasteiger partial charge on any atom is -0.381 e. The van der Waals surface area contributed by atoms with Gasteiger partial charge in [-0.2, -0.15) is 0 Å². The number of fused-ring (bicyclic) bond motifs is 1. The number of aryl methyl sites for hydroxylation is 1. The van der Waals surface area contributed by atoms with E-state index in [1.54, 1.807) is 0 Å². The van der Waals surface area contributed by atoms with Crippen molar-refractivity contribution in [3.05, 3.63) is 28.5 Å². The van der Waals surface area contributed by atoms with Crippen LogP contribution >= 0.6 is 27.5 Å². The molecule has 3 nitrogen and oxygen atoms in total. The van der Waals surface area contributed by atoms with Crippen LogP contribution in [0.2, 0.25) is 0 Å². The lowest BCUT2D eigenvalue weighted by molar-refractivity contribution is 0.175. The molecule has 1 aliphatic heterocycles. The molecular weight excluding hydrogens is 340 g/mol. The van der Waals surface area contributed by atoms with E-state index < -0.39 is 0 Å². The Labute approximate surface area is 132 Å². The molecule has 2 heterocycles. The lowest BCUT2D eigenvalue weighted by Crippen LogP contribution is -2.19. The highest BCUT2D eigenvalue weighted by Crippen LogP contribution is 2.32. The van der Waals surface area contributed by atoms with Gasteiger partial charge in [0.1, 0.15) is 5.82 Å². The third-order valence-electron chi connectivity index (χ3n) is 4.10. The van der Waals surface area contributed by atoms with Crippen LogP contribution in [0.25, 0.3) is 11.0 Å². The summed E-state index contributed by atoms with van der Waals surface area (Å²) in [4.78, 5) is 4.75. The Hall–Kier alpha value is -0.580. The fourth-order valence-electron chi connectivity index (χ4n) is 2.98. The van der Waals surface area contributed by atoms with Crippen LogP contribution in [-0.4, -0.2) is 28.6 Å². The zero-order valence-electron chi connectivity index (χ0n) is 11.5. The maximum Gasteiger partial charge on any atom is 0.111 e. The molecule has 2 aromatic rings. The Kier molecular flexibility index (Phi) is 4.34. The molecule has 1 fully saturated rings. The van der Waals surface area contributed by atoms with Crippen LogP contribution in [0.15, 0.2) is 22.7 Å². The van der Waals surface area contributed by atoms with Crippen molar-refractivity contribution in [2.24, 2.45) is 5.92 Å². The van der Waals surface area contributed by atoms with E-state index in [0.717, 1.165) is 41.9 Å². The molecule has 2 atom stereocenters. The molecule has 108 valence electrons. The molecule has 1 saturated heterocycles. The summed E-state index contributed by atoms with van der Waals surface area (Å²) >= 11 is 9.50. The van der Waals surface area contributed by atoms with Gasteiger partial charge in [-0.25, -0.2) is 4.98 Å². The Morgan fingerprint density at radius 1 is 1.55 bits per heavy atom. The Bertz CT molecular complexity index is 607. The van der Waals surface area contributed by atoms with Crippen molar-refractivity contribution in [1.29, 1.82) is 0 Å². The molecule has 0 N–H and O–H groups in total. The molecule has 0 radical (unpaired) electrons. The summed E-state index contributed by atoms with van der Waals surface area (Å²) in [5, 5.41) is 0. The quantitative estimate of drug-likeness (QED) is 0.768. The highest BCUT2D eigenvalue weighted by atomic mass is 79.9. The minimum atomic E-state index is 0.384. The fourth-order valence-corrected chi connectivity index (χ4v) is 3.49. The lowest BCUT2D eigenvalue weighted by Gasteiger charge is -2.22. The van der Waals surface area contributed by atoms with Crippen LogP contribution in [-0.2, 0) is 11.2 Å². The number of benzene rings is 1. The lowest BCUT2D eigenvalue weighted by atomic mass is 10.00. The van der Waals surface area contributed by atoms with Crippen LogP contribution in [0.4, 0.5) is 0 Å². The van der Waals surface area contributed by atoms with Crippen LogP contribution < -0.4 is 0 Å². The van der Waals surface area contributed by atoms with Crippen molar-refractivity contribution in [3.63, 3.8) is 0 Å². The normalized spacial score (nSPS) is 20.6. The first kappa shape index (κ1) is 14.4. The van der Waals surface area contributed by atoms with Gasteiger partial charge < -0.3 is 9.30 Å². The molecule has 5 heteroatoms. The molecule has 0 bridgehead atoms. The summed E-state index contributed by atoms with van der Waals surface area (Å²) < 4.78 is 8.97. The summed E-state index contributed by atoms with van der Waals surface area (Å²) in [6, 6.07) is 6.63. The van der Waals surface area contributed by atoms with E-state index in [4.69, 9.17) is 21.3 Å². The number of hydrogen-bond acceptors (Lipinski definition) is 2. The molecule has 3 rings (SSSR count). The van der Waals surface area contributed by atoms with E-state index >= 15 is 0 Å². The molecule has 20 heavy (non-hydrogen) atoms. The number of halogens is 2. The van der Waals surface area contributed by atoms with Crippen molar-refractivity contribution in [2.75, 3.05) is 19.1 Å². The highest BCUT2D eigenvalue weighted by molar-refractivity contribution is 9.10. The monoisotopic (exact) mass is 356 g/mol. The molecule has 1 aliphatic rings. The van der Waals surface area contributed by atoms with E-state index in [0.29, 0.717) is 17.8 Å². The number of alkyl halides is 1. The van der Waals surface area contributed by atoms with Crippen molar-refractivity contribution in [2.45, 2.75) is 25.8 Å². The van der Waals surface area contributed by atoms with Gasteiger partial charge in [-0.3, -0.25) is 0 Å². The third kappa shape index (κ3) is 2.61. The topological polar surface area (TPSA) is 27.1 Å². The second-order valence-electron chi connectivity index (χ2n) is 5.33. The van der Waals surface area contributed by atoms with E-state index in [1.165, 1.54) is 5.52 Å². The minimum absolute atomic E-state index is 0.384. The highest BCUT2D eigenvalue weighted by Gasteiger charge is 2.26. The Balaban J connectivity index is 2.09. The zero-order valence-corrected chi connectivity index (χ0v) is 13.8. The maximum absolute atomic E-state index is 5.94. The standard InChI is InChI=1S/C15H18BrClN2O/c1-10(11-5-7-20-9-11)19-14-8-12(16)2-3-13(14)18-15(19)4-6-17/h2-3,8,10-11H,4-7,9H2,1H3. The van der Waals surface area contributed by atoms with Gasteiger partial charge in [-0.1, -0.05) is 15.9 Å². The Morgan fingerprint density at radius 3 is 3.10 bits per heavy atom. The molecular formula is C15H18BrClN2O. The van der Waals surface area contributed by atoms with Crippen molar-refractivity contribution in [1.82, 2.24) is 9.55 Å². The largest absolute Gasteiger partial charge is 0.381 e. The molecule has 0 aliphatic carbocycles. The first-order chi connectivity index (χ1) is 9.70. The summed E-state index contributed by atoms with van der Waals surface area (Å²) in [6.45, 7) is 3.98. The first-order valence-electron chi connectivity index (χ1n) is 7.00. The number of ether oxygens (including phenoxy) is 1. The number of hydrogen-bond donors (Lipinski definition) is 0. The van der Waals surface area contributed by atoms with Gasteiger partial charge >= 0.3 is 0 Å². The summed E-state index contributed by atoms with van der Waals surface area (Å²) in [7, 11) is 0. The maximum atomic E-state index is 5.94. The van der Waals surface area contributed by atoms with Crippen LogP contribution in [0.3, 0.4) is 0 Å². The molecule has 1 aromatic carbocycles. The van der Waals surface area contributed by atoms with Gasteiger partial charge in [0.15, 0.2) is 0 Å². The molecule has 0 saturated carbocycles. The van der Waals surface area contributed by atoms with Crippen molar-refractivity contribution in [3.8, 4) is 0 Å². The van der Waals surface area contributed by atoms with Crippen LogP contribution in [0, 0.1) is 5.92 Å². The SMILES string of the molecule is CC(C1CCOC1)n1c(CCCl)nc2ccc(Br)cc21. The number of imidazole rings is 1. The van der Waals surface area contributed by atoms with Crippen LogP contribution in [0.1, 0.15) is 25.2 Å². The second kappa shape index (κ2) is 6.04. The van der Waals surface area contributed by atoms with E-state index in [2.05, 4.69) is 39.6 Å². The summed E-state index contributed by atoms with van der Waals surface area (Å²) in [5.41, 5.74) is 2.22. The van der Waals surface area contributed by atoms with Crippen LogP contribution in [0.5, 0.6) is 0 Å². The van der Waals surface area contributed by atoms with Gasteiger partial charge in [0.05, 0.1) is 17.6 Å². The molecule has 1 aromatic heterocycles. The van der Waals surface area contributed by atoms with Crippen molar-refractivity contribution < 1.29 is 4.74 Å². The van der Waals surface area contributed by atoms with E-state index in [-0.39, 0.29) is 0 Å². The van der Waals surface area contributed by atoms with Gasteiger partial charge in [-0.05, 0) is 31.5 Å². The van der Waals surface area contributed by atoms with Gasteiger partial charge in [-0.15, -0.1) is 11.6 Å². The molecule has 0 amide bonds. The molecule has 0 spiro atoms. The van der Waals surface area contributed by atoms with Gasteiger partial charge in [0.25, 0.3) is 0 Å². The third-order valence-corrected chi connectivity index (χ3v) is 4.78. The van der Waals surface area contributed by atoms with E-state index in [1.807, 2.05) is 6.07 Å². The summed E-state index contributed by atoms with van der Waals surface area (Å²) in [5.74, 6) is 2.23. The average molecular weight is 358 g/mol. The smallest absolute Gasteiger partial charge is 0.111 e.